The van der Waals surface area contributed by atoms with Crippen LogP contribution in [0.3, 0.4) is 0 Å². The molecule has 0 saturated heterocycles. The zero-order valence-electron chi connectivity index (χ0n) is 17.0. The van der Waals surface area contributed by atoms with Gasteiger partial charge in [0.15, 0.2) is 11.5 Å². The van der Waals surface area contributed by atoms with Gasteiger partial charge in [-0.05, 0) is 30.3 Å². The number of phenolic OH excluding ortho intramolecular Hbond substituents is 1. The summed E-state index contributed by atoms with van der Waals surface area (Å²) in [5.74, 6) is 0.791. The van der Waals surface area contributed by atoms with Crippen molar-refractivity contribution in [2.24, 2.45) is 0 Å². The lowest BCUT2D eigenvalue weighted by Crippen LogP contribution is -2.25. The van der Waals surface area contributed by atoms with Crippen LogP contribution < -0.4 is 9.47 Å². The summed E-state index contributed by atoms with van der Waals surface area (Å²) in [6.45, 7) is 2.01. The minimum absolute atomic E-state index is 0.101. The van der Waals surface area contributed by atoms with Crippen molar-refractivity contribution < 1.29 is 19.0 Å². The van der Waals surface area contributed by atoms with Gasteiger partial charge in [0.05, 0.1) is 17.3 Å². The number of hydrogen-bond acceptors (Lipinski definition) is 6. The molecule has 1 aliphatic heterocycles. The van der Waals surface area contributed by atoms with E-state index < -0.39 is 0 Å². The Morgan fingerprint density at radius 1 is 1.19 bits per heavy atom. The predicted molar refractivity (Wildman–Crippen MR) is 119 cm³/mol. The van der Waals surface area contributed by atoms with Gasteiger partial charge in [0.1, 0.15) is 23.2 Å². The molecular weight excluding hydrogens is 415 g/mol. The van der Waals surface area contributed by atoms with Gasteiger partial charge in [-0.3, -0.25) is 4.90 Å². The highest BCUT2D eigenvalue weighted by atomic mass is 32.1. The van der Waals surface area contributed by atoms with E-state index in [1.54, 1.807) is 29.5 Å². The molecule has 7 heteroatoms. The van der Waals surface area contributed by atoms with Crippen LogP contribution in [0.5, 0.6) is 17.2 Å². The van der Waals surface area contributed by atoms with Gasteiger partial charge in [0.25, 0.3) is 0 Å². The van der Waals surface area contributed by atoms with Crippen LogP contribution in [0, 0.1) is 5.82 Å². The fourth-order valence-electron chi connectivity index (χ4n) is 3.83. The zero-order chi connectivity index (χ0) is 21.4. The molecule has 5 rings (SSSR count). The first-order valence-electron chi connectivity index (χ1n) is 10.00. The van der Waals surface area contributed by atoms with Crippen molar-refractivity contribution in [2.75, 3.05) is 20.3 Å². The fourth-order valence-corrected chi connectivity index (χ4v) is 4.78. The second kappa shape index (κ2) is 8.17. The van der Waals surface area contributed by atoms with E-state index in [0.717, 1.165) is 26.4 Å². The molecule has 0 aliphatic carbocycles. The number of thiazole rings is 1. The Bertz CT molecular complexity index is 1220. The Labute approximate surface area is 183 Å². The molecule has 0 saturated carbocycles. The number of aromatic nitrogens is 1. The smallest absolute Gasteiger partial charge is 0.165 e. The fraction of sp³-hybridized carbons (Fsp3) is 0.208. The van der Waals surface area contributed by atoms with Crippen molar-refractivity contribution in [3.05, 3.63) is 71.5 Å². The monoisotopic (exact) mass is 436 g/mol. The summed E-state index contributed by atoms with van der Waals surface area (Å²) in [7, 11) is 1.52. The molecular formula is C24H21FN2O3S. The third kappa shape index (κ3) is 3.94. The summed E-state index contributed by atoms with van der Waals surface area (Å²) in [4.78, 5) is 6.81. The Hall–Kier alpha value is -3.16. The van der Waals surface area contributed by atoms with Crippen LogP contribution in [0.4, 0.5) is 4.39 Å². The van der Waals surface area contributed by atoms with Crippen molar-refractivity contribution >= 4 is 21.6 Å². The Kier molecular flexibility index (Phi) is 5.21. The normalized spacial score (nSPS) is 14.1. The first-order valence-corrected chi connectivity index (χ1v) is 10.8. The molecule has 2 heterocycles. The van der Waals surface area contributed by atoms with E-state index >= 15 is 0 Å². The number of rotatable bonds is 4. The summed E-state index contributed by atoms with van der Waals surface area (Å²) in [6.07, 6.45) is 0. The molecule has 0 atom stereocenters. The summed E-state index contributed by atoms with van der Waals surface area (Å²) < 4.78 is 26.5. The van der Waals surface area contributed by atoms with E-state index in [-0.39, 0.29) is 11.6 Å². The molecule has 5 nitrogen and oxygen atoms in total. The van der Waals surface area contributed by atoms with Crippen LogP contribution in [0.2, 0.25) is 0 Å². The zero-order valence-corrected chi connectivity index (χ0v) is 17.8. The summed E-state index contributed by atoms with van der Waals surface area (Å²) >= 11 is 1.59. The quantitative estimate of drug-likeness (QED) is 0.476. The van der Waals surface area contributed by atoms with E-state index in [9.17, 15) is 9.50 Å². The number of fused-ring (bicyclic) bond motifs is 2. The molecule has 0 bridgehead atoms. The lowest BCUT2D eigenvalue weighted by Gasteiger charge is -2.20. The molecule has 3 aromatic carbocycles. The number of hydrogen-bond donors (Lipinski definition) is 1. The average Bonchev–Trinajstić information content (AvgIpc) is 3.10. The molecule has 1 aromatic heterocycles. The van der Waals surface area contributed by atoms with Gasteiger partial charge < -0.3 is 14.6 Å². The highest BCUT2D eigenvalue weighted by Crippen LogP contribution is 2.39. The summed E-state index contributed by atoms with van der Waals surface area (Å²) in [5, 5.41) is 11.5. The third-order valence-electron chi connectivity index (χ3n) is 5.39. The number of halogens is 1. The van der Waals surface area contributed by atoms with Gasteiger partial charge in [-0.25, -0.2) is 9.37 Å². The van der Waals surface area contributed by atoms with Crippen molar-refractivity contribution in [1.82, 2.24) is 9.88 Å². The van der Waals surface area contributed by atoms with E-state index in [0.29, 0.717) is 43.3 Å². The van der Waals surface area contributed by atoms with E-state index in [1.165, 1.54) is 13.2 Å². The maximum atomic E-state index is 14.5. The Morgan fingerprint density at radius 2 is 2.06 bits per heavy atom. The van der Waals surface area contributed by atoms with E-state index in [2.05, 4.69) is 4.90 Å². The molecule has 4 aromatic rings. The molecule has 0 fully saturated rings. The standard InChI is InChI=1S/C24H21FN2O3S/c1-29-18-7-6-15(19(25)12-18)13-27-8-9-30-23-17(14-27)10-16(11-21(23)28)24-26-20-4-2-3-5-22(20)31-24/h2-7,10-12,28H,8-9,13-14H2,1H3. The number of ether oxygens (including phenoxy) is 2. The molecule has 0 radical (unpaired) electrons. The molecule has 0 spiro atoms. The van der Waals surface area contributed by atoms with Gasteiger partial charge in [0.2, 0.25) is 0 Å². The van der Waals surface area contributed by atoms with Gasteiger partial charge in [-0.2, -0.15) is 0 Å². The third-order valence-corrected chi connectivity index (χ3v) is 6.47. The van der Waals surface area contributed by atoms with Crippen molar-refractivity contribution in [3.63, 3.8) is 0 Å². The number of methoxy groups -OCH3 is 1. The van der Waals surface area contributed by atoms with Crippen LogP contribution in [0.15, 0.2) is 54.6 Å². The topological polar surface area (TPSA) is 54.8 Å². The number of phenols is 1. The number of aromatic hydroxyl groups is 1. The van der Waals surface area contributed by atoms with Gasteiger partial charge in [-0.1, -0.05) is 18.2 Å². The maximum absolute atomic E-state index is 14.5. The largest absolute Gasteiger partial charge is 0.504 e. The summed E-state index contributed by atoms with van der Waals surface area (Å²) in [5.41, 5.74) is 3.24. The SMILES string of the molecule is COc1ccc(CN2CCOc3c(O)cc(-c4nc5ccccc5s4)cc3C2)c(F)c1. The second-order valence-electron chi connectivity index (χ2n) is 7.49. The Morgan fingerprint density at radius 3 is 2.87 bits per heavy atom. The van der Waals surface area contributed by atoms with Crippen LogP contribution in [-0.2, 0) is 13.1 Å². The highest BCUT2D eigenvalue weighted by molar-refractivity contribution is 7.21. The lowest BCUT2D eigenvalue weighted by molar-refractivity contribution is 0.215. The van der Waals surface area contributed by atoms with Crippen molar-refractivity contribution in [3.8, 4) is 27.8 Å². The predicted octanol–water partition coefficient (Wildman–Crippen LogP) is 5.21. The number of para-hydroxylation sites is 1. The molecule has 1 N–H and O–H groups in total. The lowest BCUT2D eigenvalue weighted by atomic mass is 10.1. The van der Waals surface area contributed by atoms with Gasteiger partial charge in [-0.15, -0.1) is 11.3 Å². The molecule has 0 amide bonds. The van der Waals surface area contributed by atoms with Gasteiger partial charge in [0, 0.05) is 42.4 Å². The van der Waals surface area contributed by atoms with Crippen LogP contribution >= 0.6 is 11.3 Å². The minimum Gasteiger partial charge on any atom is -0.504 e. The van der Waals surface area contributed by atoms with Crippen molar-refractivity contribution in [1.29, 1.82) is 0 Å². The average molecular weight is 437 g/mol. The second-order valence-corrected chi connectivity index (χ2v) is 8.52. The Balaban J connectivity index is 1.45. The first kappa shape index (κ1) is 19.8. The molecule has 1 aliphatic rings. The maximum Gasteiger partial charge on any atom is 0.165 e. The van der Waals surface area contributed by atoms with Crippen LogP contribution in [0.25, 0.3) is 20.8 Å². The van der Waals surface area contributed by atoms with E-state index in [4.69, 9.17) is 14.5 Å². The summed E-state index contributed by atoms with van der Waals surface area (Å²) in [6, 6.07) is 16.6. The molecule has 158 valence electrons. The van der Waals surface area contributed by atoms with Crippen molar-refractivity contribution in [2.45, 2.75) is 13.1 Å². The number of benzene rings is 3. The molecule has 0 unspecified atom stereocenters. The molecule has 31 heavy (non-hydrogen) atoms. The highest BCUT2D eigenvalue weighted by Gasteiger charge is 2.21. The first-order chi connectivity index (χ1) is 15.1. The minimum atomic E-state index is -0.296. The van der Waals surface area contributed by atoms with Crippen LogP contribution in [-0.4, -0.2) is 35.3 Å². The van der Waals surface area contributed by atoms with Crippen LogP contribution in [0.1, 0.15) is 11.1 Å². The van der Waals surface area contributed by atoms with Gasteiger partial charge >= 0.3 is 0 Å². The van der Waals surface area contributed by atoms with E-state index in [1.807, 2.05) is 30.3 Å². The number of nitrogens with zero attached hydrogens (tertiary/aromatic N) is 2.